The molecule has 1 saturated heterocycles. The van der Waals surface area contributed by atoms with E-state index in [-0.39, 0.29) is 6.42 Å². The zero-order chi connectivity index (χ0) is 17.4. The van der Waals surface area contributed by atoms with E-state index in [2.05, 4.69) is 0 Å². The maximum Gasteiger partial charge on any atom is 0.256 e. The number of benzene rings is 1. The first-order valence-corrected chi connectivity index (χ1v) is 7.07. The Morgan fingerprint density at radius 2 is 1.87 bits per heavy atom. The second-order valence-electron chi connectivity index (χ2n) is 5.74. The average molecular weight is 320 g/mol. The number of piperazine rings is 1. The Morgan fingerprint density at radius 1 is 1.22 bits per heavy atom. The summed E-state index contributed by atoms with van der Waals surface area (Å²) in [6.45, 7) is 3.30. The van der Waals surface area contributed by atoms with Crippen LogP contribution in [0.15, 0.2) is 24.3 Å². The molecule has 0 saturated carbocycles. The minimum absolute atomic E-state index is 0.0707. The largest absolute Gasteiger partial charge is 0.275 e. The number of amides is 4. The van der Waals surface area contributed by atoms with Crippen molar-refractivity contribution in [1.82, 2.24) is 9.80 Å². The second kappa shape index (κ2) is 5.91. The van der Waals surface area contributed by atoms with Gasteiger partial charge in [-0.1, -0.05) is 12.1 Å². The fraction of sp³-hybridized carbons (Fsp3) is 0.375. The van der Waals surface area contributed by atoms with Gasteiger partial charge in [0.15, 0.2) is 0 Å². The summed E-state index contributed by atoms with van der Waals surface area (Å²) in [6.07, 6.45) is -0.0707. The molecule has 2 rings (SSSR count). The highest BCUT2D eigenvalue weighted by Crippen LogP contribution is 2.28. The van der Waals surface area contributed by atoms with Gasteiger partial charge < -0.3 is 0 Å². The van der Waals surface area contributed by atoms with E-state index in [4.69, 9.17) is 0 Å². The molecule has 0 aromatic heterocycles. The molecule has 122 valence electrons. The molecule has 0 N–H and O–H groups in total. The van der Waals surface area contributed by atoms with Gasteiger partial charge in [-0.3, -0.25) is 29.0 Å². The summed E-state index contributed by atoms with van der Waals surface area (Å²) in [5.41, 5.74) is -1.12. The van der Waals surface area contributed by atoms with Crippen molar-refractivity contribution in [3.05, 3.63) is 35.6 Å². The number of hydrogen-bond donors (Lipinski definition) is 0. The lowest BCUT2D eigenvalue weighted by Gasteiger charge is -2.45. The molecule has 23 heavy (non-hydrogen) atoms. The lowest BCUT2D eigenvalue weighted by molar-refractivity contribution is -0.172. The van der Waals surface area contributed by atoms with E-state index in [1.807, 2.05) is 0 Å². The SMILES string of the molecule is CC(=O)N1CC(=O)N(C(C)=O)C(C)(Cc2cccc(F)c2)C1=O. The van der Waals surface area contributed by atoms with E-state index in [0.717, 1.165) is 9.80 Å². The molecular weight excluding hydrogens is 303 g/mol. The van der Waals surface area contributed by atoms with Gasteiger partial charge in [0.1, 0.15) is 17.9 Å². The fourth-order valence-electron chi connectivity index (χ4n) is 2.92. The molecule has 0 bridgehead atoms. The van der Waals surface area contributed by atoms with E-state index in [0.29, 0.717) is 5.56 Å². The van der Waals surface area contributed by atoms with Gasteiger partial charge in [-0.15, -0.1) is 0 Å². The van der Waals surface area contributed by atoms with Crippen molar-refractivity contribution < 1.29 is 23.6 Å². The Bertz CT molecular complexity index is 703. The Morgan fingerprint density at radius 3 is 2.39 bits per heavy atom. The van der Waals surface area contributed by atoms with Gasteiger partial charge in [0, 0.05) is 20.3 Å². The number of carbonyl (C=O) groups excluding carboxylic acids is 4. The first-order chi connectivity index (χ1) is 10.7. The summed E-state index contributed by atoms with van der Waals surface area (Å²) in [6, 6.07) is 5.56. The normalized spacial score (nSPS) is 21.6. The smallest absolute Gasteiger partial charge is 0.256 e. The van der Waals surface area contributed by atoms with Crippen molar-refractivity contribution in [2.75, 3.05) is 6.54 Å². The van der Waals surface area contributed by atoms with E-state index in [1.165, 1.54) is 39.0 Å². The average Bonchev–Trinajstić information content (AvgIpc) is 2.42. The van der Waals surface area contributed by atoms with Crippen LogP contribution in [0.4, 0.5) is 4.39 Å². The lowest BCUT2D eigenvalue weighted by Crippen LogP contribution is -2.69. The number of rotatable bonds is 2. The Labute approximate surface area is 132 Å². The van der Waals surface area contributed by atoms with Crippen LogP contribution >= 0.6 is 0 Å². The molecule has 0 radical (unpaired) electrons. The molecular formula is C16H17FN2O4. The molecule has 1 aromatic carbocycles. The summed E-state index contributed by atoms with van der Waals surface area (Å²) < 4.78 is 13.4. The molecule has 1 unspecified atom stereocenters. The Hall–Kier alpha value is -2.57. The van der Waals surface area contributed by atoms with Crippen molar-refractivity contribution >= 4 is 23.6 Å². The highest BCUT2D eigenvalue weighted by Gasteiger charge is 2.52. The molecule has 1 aliphatic rings. The summed E-state index contributed by atoms with van der Waals surface area (Å²) in [5, 5.41) is 0. The van der Waals surface area contributed by atoms with Crippen LogP contribution in [0, 0.1) is 5.82 Å². The summed E-state index contributed by atoms with van der Waals surface area (Å²) in [4.78, 5) is 50.1. The minimum Gasteiger partial charge on any atom is -0.275 e. The van der Waals surface area contributed by atoms with Crippen LogP contribution in [0.5, 0.6) is 0 Å². The van der Waals surface area contributed by atoms with Crippen LogP contribution in [-0.2, 0) is 25.6 Å². The fourth-order valence-corrected chi connectivity index (χ4v) is 2.92. The molecule has 1 fully saturated rings. The van der Waals surface area contributed by atoms with Crippen LogP contribution in [0.3, 0.4) is 0 Å². The van der Waals surface area contributed by atoms with Crippen LogP contribution in [0.2, 0.25) is 0 Å². The molecule has 1 heterocycles. The van der Waals surface area contributed by atoms with Crippen molar-refractivity contribution in [1.29, 1.82) is 0 Å². The third kappa shape index (κ3) is 2.99. The maximum atomic E-state index is 13.4. The van der Waals surface area contributed by atoms with Crippen LogP contribution < -0.4 is 0 Å². The van der Waals surface area contributed by atoms with Crippen molar-refractivity contribution in [2.24, 2.45) is 0 Å². The molecule has 0 aliphatic carbocycles. The highest BCUT2D eigenvalue weighted by atomic mass is 19.1. The van der Waals surface area contributed by atoms with Crippen molar-refractivity contribution in [3.63, 3.8) is 0 Å². The van der Waals surface area contributed by atoms with Gasteiger partial charge in [-0.2, -0.15) is 0 Å². The molecule has 1 aliphatic heterocycles. The molecule has 1 aromatic rings. The Kier molecular flexibility index (Phi) is 4.31. The number of halogens is 1. The lowest BCUT2D eigenvalue weighted by atomic mass is 9.87. The molecule has 4 amide bonds. The van der Waals surface area contributed by atoms with Gasteiger partial charge in [-0.25, -0.2) is 4.39 Å². The number of imide groups is 2. The third-order valence-electron chi connectivity index (χ3n) is 3.87. The predicted octanol–water partition coefficient (Wildman–Crippen LogP) is 0.891. The molecule has 7 heteroatoms. The number of nitrogens with zero attached hydrogens (tertiary/aromatic N) is 2. The zero-order valence-electron chi connectivity index (χ0n) is 13.1. The standard InChI is InChI=1S/C16H17FN2O4/c1-10(20)18-9-14(22)19(11(2)21)16(3,15(18)23)8-12-5-4-6-13(17)7-12/h4-7H,8-9H2,1-3H3. The predicted molar refractivity (Wildman–Crippen MR) is 78.4 cm³/mol. The van der Waals surface area contributed by atoms with Gasteiger partial charge >= 0.3 is 0 Å². The summed E-state index contributed by atoms with van der Waals surface area (Å²) in [5.74, 6) is -2.93. The Balaban J connectivity index is 2.49. The highest BCUT2D eigenvalue weighted by molar-refractivity contribution is 6.11. The van der Waals surface area contributed by atoms with Crippen molar-refractivity contribution in [3.8, 4) is 0 Å². The van der Waals surface area contributed by atoms with E-state index in [1.54, 1.807) is 6.07 Å². The third-order valence-corrected chi connectivity index (χ3v) is 3.87. The van der Waals surface area contributed by atoms with Crippen LogP contribution in [0.1, 0.15) is 26.3 Å². The van der Waals surface area contributed by atoms with Gasteiger partial charge in [0.05, 0.1) is 0 Å². The molecule has 6 nitrogen and oxygen atoms in total. The summed E-state index contributed by atoms with van der Waals surface area (Å²) in [7, 11) is 0. The quantitative estimate of drug-likeness (QED) is 0.811. The first-order valence-electron chi connectivity index (χ1n) is 7.07. The van der Waals surface area contributed by atoms with Crippen molar-refractivity contribution in [2.45, 2.75) is 32.7 Å². The minimum atomic E-state index is -1.57. The molecule has 1 atom stereocenters. The van der Waals surface area contributed by atoms with Gasteiger partial charge in [0.2, 0.25) is 17.7 Å². The van der Waals surface area contributed by atoms with Gasteiger partial charge in [0.25, 0.3) is 5.91 Å². The van der Waals surface area contributed by atoms with E-state index < -0.39 is 41.5 Å². The van der Waals surface area contributed by atoms with E-state index >= 15 is 0 Å². The summed E-state index contributed by atoms with van der Waals surface area (Å²) >= 11 is 0. The molecule has 0 spiro atoms. The topological polar surface area (TPSA) is 74.8 Å². The monoisotopic (exact) mass is 320 g/mol. The maximum absolute atomic E-state index is 13.4. The first kappa shape index (κ1) is 16.8. The zero-order valence-corrected chi connectivity index (χ0v) is 13.1. The van der Waals surface area contributed by atoms with Gasteiger partial charge in [-0.05, 0) is 24.6 Å². The van der Waals surface area contributed by atoms with E-state index in [9.17, 15) is 23.6 Å². The van der Waals surface area contributed by atoms with Crippen LogP contribution in [0.25, 0.3) is 0 Å². The number of carbonyl (C=O) groups is 4. The number of hydrogen-bond acceptors (Lipinski definition) is 4. The second-order valence-corrected chi connectivity index (χ2v) is 5.74. The van der Waals surface area contributed by atoms with Crippen LogP contribution in [-0.4, -0.2) is 45.5 Å².